The molecule has 0 amide bonds. The largest absolute Gasteiger partial charge is 0.488 e. The molecule has 0 heterocycles. The van der Waals surface area contributed by atoms with Gasteiger partial charge in [-0.15, -0.1) is 0 Å². The maximum Gasteiger partial charge on any atom is 0.123 e. The Morgan fingerprint density at radius 1 is 1.29 bits per heavy atom. The Labute approximate surface area is 128 Å². The summed E-state index contributed by atoms with van der Waals surface area (Å²) < 4.78 is 19.5. The minimum atomic E-state index is -0.203. The Hall–Kier alpha value is -1.09. The molecule has 0 saturated heterocycles. The summed E-state index contributed by atoms with van der Waals surface area (Å²) in [5, 5.41) is 3.63. The fourth-order valence-electron chi connectivity index (χ4n) is 3.45. The molecular weight excluding hydrogens is 265 g/mol. The van der Waals surface area contributed by atoms with Gasteiger partial charge in [0, 0.05) is 6.04 Å². The van der Waals surface area contributed by atoms with Crippen LogP contribution in [0.3, 0.4) is 0 Å². The van der Waals surface area contributed by atoms with Crippen molar-refractivity contribution < 1.29 is 9.13 Å². The van der Waals surface area contributed by atoms with E-state index in [0.29, 0.717) is 12.0 Å². The standard InChI is InChI=1S/C18H28FNO/c1-5-8-20-16-10-12(2)9-14(4)18(16)21-17-7-6-15(19)11-13(17)3/h6-7,11-12,14,16,18,20H,5,8-10H2,1-4H3. The highest BCUT2D eigenvalue weighted by Gasteiger charge is 2.35. The Bertz CT molecular complexity index is 463. The van der Waals surface area contributed by atoms with Crippen LogP contribution in [-0.4, -0.2) is 18.7 Å². The zero-order chi connectivity index (χ0) is 15.4. The minimum Gasteiger partial charge on any atom is -0.488 e. The quantitative estimate of drug-likeness (QED) is 0.873. The van der Waals surface area contributed by atoms with Crippen LogP contribution in [-0.2, 0) is 0 Å². The van der Waals surface area contributed by atoms with Gasteiger partial charge in [0.1, 0.15) is 17.7 Å². The Morgan fingerprint density at radius 2 is 2.05 bits per heavy atom. The molecule has 2 nitrogen and oxygen atoms in total. The normalized spacial score (nSPS) is 29.4. The summed E-state index contributed by atoms with van der Waals surface area (Å²) >= 11 is 0. The van der Waals surface area contributed by atoms with Crippen LogP contribution in [0.5, 0.6) is 5.75 Å². The van der Waals surface area contributed by atoms with Crippen molar-refractivity contribution in [1.29, 1.82) is 0 Å². The second-order valence-corrected chi connectivity index (χ2v) is 6.61. The molecule has 4 unspecified atom stereocenters. The summed E-state index contributed by atoms with van der Waals surface area (Å²) in [5.41, 5.74) is 0.870. The summed E-state index contributed by atoms with van der Waals surface area (Å²) in [6, 6.07) is 5.16. The minimum absolute atomic E-state index is 0.164. The van der Waals surface area contributed by atoms with Crippen LogP contribution in [0.15, 0.2) is 18.2 Å². The van der Waals surface area contributed by atoms with Crippen molar-refractivity contribution in [2.45, 2.75) is 59.1 Å². The van der Waals surface area contributed by atoms with Crippen molar-refractivity contribution in [3.05, 3.63) is 29.6 Å². The molecule has 1 aliphatic rings. The monoisotopic (exact) mass is 293 g/mol. The van der Waals surface area contributed by atoms with E-state index in [1.807, 2.05) is 6.92 Å². The van der Waals surface area contributed by atoms with Crippen LogP contribution in [0.2, 0.25) is 0 Å². The predicted octanol–water partition coefficient (Wildman–Crippen LogP) is 4.32. The maximum absolute atomic E-state index is 13.2. The first-order valence-corrected chi connectivity index (χ1v) is 8.17. The van der Waals surface area contributed by atoms with E-state index in [9.17, 15) is 4.39 Å². The van der Waals surface area contributed by atoms with Gasteiger partial charge >= 0.3 is 0 Å². The van der Waals surface area contributed by atoms with Crippen molar-refractivity contribution >= 4 is 0 Å². The molecule has 1 aromatic carbocycles. The molecule has 0 aromatic heterocycles. The van der Waals surface area contributed by atoms with Gasteiger partial charge < -0.3 is 10.1 Å². The van der Waals surface area contributed by atoms with Gasteiger partial charge in [-0.2, -0.15) is 0 Å². The topological polar surface area (TPSA) is 21.3 Å². The summed E-state index contributed by atoms with van der Waals surface area (Å²) in [6.07, 6.45) is 3.63. The van der Waals surface area contributed by atoms with Gasteiger partial charge in [0.15, 0.2) is 0 Å². The SMILES string of the molecule is CCCNC1CC(C)CC(C)C1Oc1ccc(F)cc1C. The molecule has 0 bridgehead atoms. The highest BCUT2D eigenvalue weighted by molar-refractivity contribution is 5.33. The summed E-state index contributed by atoms with van der Waals surface area (Å²) in [6.45, 7) is 9.69. The van der Waals surface area contributed by atoms with E-state index in [0.717, 1.165) is 36.6 Å². The Kier molecular flexibility index (Phi) is 5.63. The molecular formula is C18H28FNO. The van der Waals surface area contributed by atoms with Crippen molar-refractivity contribution in [1.82, 2.24) is 5.32 Å². The molecule has 1 saturated carbocycles. The number of aryl methyl sites for hydroxylation is 1. The molecule has 1 N–H and O–H groups in total. The fourth-order valence-corrected chi connectivity index (χ4v) is 3.45. The van der Waals surface area contributed by atoms with Gasteiger partial charge in [-0.25, -0.2) is 4.39 Å². The highest BCUT2D eigenvalue weighted by atomic mass is 19.1. The lowest BCUT2D eigenvalue weighted by molar-refractivity contribution is 0.0472. The lowest BCUT2D eigenvalue weighted by Crippen LogP contribution is -2.51. The molecule has 0 spiro atoms. The summed E-state index contributed by atoms with van der Waals surface area (Å²) in [4.78, 5) is 0. The number of hydrogen-bond acceptors (Lipinski definition) is 2. The van der Waals surface area contributed by atoms with E-state index in [2.05, 4.69) is 26.1 Å². The third-order valence-corrected chi connectivity index (χ3v) is 4.44. The lowest BCUT2D eigenvalue weighted by Gasteiger charge is -2.40. The Morgan fingerprint density at radius 3 is 2.71 bits per heavy atom. The van der Waals surface area contributed by atoms with E-state index in [1.54, 1.807) is 12.1 Å². The molecule has 1 aliphatic carbocycles. The number of halogens is 1. The highest BCUT2D eigenvalue weighted by Crippen LogP contribution is 2.33. The van der Waals surface area contributed by atoms with E-state index in [4.69, 9.17) is 4.74 Å². The van der Waals surface area contributed by atoms with Crippen LogP contribution in [0.1, 0.15) is 45.6 Å². The number of benzene rings is 1. The zero-order valence-corrected chi connectivity index (χ0v) is 13.7. The van der Waals surface area contributed by atoms with Crippen molar-refractivity contribution in [3.8, 4) is 5.75 Å². The molecule has 0 aliphatic heterocycles. The van der Waals surface area contributed by atoms with E-state index in [-0.39, 0.29) is 11.9 Å². The average molecular weight is 293 g/mol. The van der Waals surface area contributed by atoms with Crippen LogP contribution in [0.25, 0.3) is 0 Å². The summed E-state index contributed by atoms with van der Waals surface area (Å²) in [7, 11) is 0. The van der Waals surface area contributed by atoms with Gasteiger partial charge in [-0.3, -0.25) is 0 Å². The fraction of sp³-hybridized carbons (Fsp3) is 0.667. The predicted molar refractivity (Wildman–Crippen MR) is 85.2 cm³/mol. The van der Waals surface area contributed by atoms with Crippen molar-refractivity contribution in [3.63, 3.8) is 0 Å². The molecule has 1 fully saturated rings. The van der Waals surface area contributed by atoms with Crippen molar-refractivity contribution in [2.24, 2.45) is 11.8 Å². The summed E-state index contributed by atoms with van der Waals surface area (Å²) in [5.74, 6) is 1.84. The van der Waals surface area contributed by atoms with Crippen LogP contribution in [0.4, 0.5) is 4.39 Å². The zero-order valence-electron chi connectivity index (χ0n) is 13.7. The van der Waals surface area contributed by atoms with Gasteiger partial charge in [-0.1, -0.05) is 20.8 Å². The van der Waals surface area contributed by atoms with E-state index >= 15 is 0 Å². The van der Waals surface area contributed by atoms with Gasteiger partial charge in [0.05, 0.1) is 0 Å². The molecule has 0 radical (unpaired) electrons. The molecule has 3 heteroatoms. The second-order valence-electron chi connectivity index (χ2n) is 6.61. The van der Waals surface area contributed by atoms with Crippen LogP contribution < -0.4 is 10.1 Å². The van der Waals surface area contributed by atoms with E-state index in [1.165, 1.54) is 12.5 Å². The molecule has 2 rings (SSSR count). The van der Waals surface area contributed by atoms with Gasteiger partial charge in [0.2, 0.25) is 0 Å². The number of hydrogen-bond donors (Lipinski definition) is 1. The molecule has 1 aromatic rings. The van der Waals surface area contributed by atoms with Gasteiger partial charge in [-0.05, 0) is 68.3 Å². The van der Waals surface area contributed by atoms with Crippen LogP contribution in [0, 0.1) is 24.6 Å². The first-order chi connectivity index (χ1) is 10.0. The van der Waals surface area contributed by atoms with Gasteiger partial charge in [0.25, 0.3) is 0 Å². The first-order valence-electron chi connectivity index (χ1n) is 8.17. The number of ether oxygens (including phenoxy) is 1. The smallest absolute Gasteiger partial charge is 0.123 e. The second kappa shape index (κ2) is 7.26. The third-order valence-electron chi connectivity index (χ3n) is 4.44. The van der Waals surface area contributed by atoms with Crippen LogP contribution >= 0.6 is 0 Å². The lowest BCUT2D eigenvalue weighted by atomic mass is 9.78. The maximum atomic E-state index is 13.2. The average Bonchev–Trinajstić information content (AvgIpc) is 2.42. The third kappa shape index (κ3) is 4.19. The van der Waals surface area contributed by atoms with Crippen molar-refractivity contribution in [2.75, 3.05) is 6.54 Å². The molecule has 4 atom stereocenters. The first kappa shape index (κ1) is 16.3. The molecule has 118 valence electrons. The van der Waals surface area contributed by atoms with E-state index < -0.39 is 0 Å². The molecule has 21 heavy (non-hydrogen) atoms. The number of rotatable bonds is 5. The number of nitrogens with one attached hydrogen (secondary N) is 1. The Balaban J connectivity index is 2.13.